The number of amides is 2. The molecular weight excluding hydrogens is 464 g/mol. The average Bonchev–Trinajstić information content (AvgIpc) is 3.23. The Morgan fingerprint density at radius 3 is 2.16 bits per heavy atom. The largest absolute Gasteiger partial charge is 0.445 e. The molecule has 0 aliphatic heterocycles. The maximum atomic E-state index is 13.2. The Hall–Kier alpha value is -4.39. The standard InChI is InChI=1S/C30H32N4O3/c1-22-16-23(2)34(33-22)20-27-15-9-14-26(17-27)19-31-29(35)28(18-24-10-5-3-6-11-24)32-30(36)37-21-25-12-7-4-8-13-25/h3-17,28H,18-21H2,1-2H3,(H,31,35)(H,32,36)/t28-/m0/s1. The molecule has 1 aromatic heterocycles. The van der Waals surface area contributed by atoms with Crippen molar-refractivity contribution in [2.24, 2.45) is 0 Å². The number of rotatable bonds is 10. The highest BCUT2D eigenvalue weighted by Crippen LogP contribution is 2.11. The predicted octanol–water partition coefficient (Wildman–Crippen LogP) is 4.70. The number of carbonyl (C=O) groups excluding carboxylic acids is 2. The van der Waals surface area contributed by atoms with Gasteiger partial charge in [-0.1, -0.05) is 84.9 Å². The van der Waals surface area contributed by atoms with Crippen LogP contribution in [0.4, 0.5) is 4.79 Å². The van der Waals surface area contributed by atoms with E-state index in [1.54, 1.807) is 0 Å². The van der Waals surface area contributed by atoms with Gasteiger partial charge in [-0.15, -0.1) is 0 Å². The van der Waals surface area contributed by atoms with Crippen LogP contribution in [0.1, 0.15) is 33.6 Å². The second-order valence-electron chi connectivity index (χ2n) is 9.07. The lowest BCUT2D eigenvalue weighted by Gasteiger charge is -2.19. The molecule has 2 amide bonds. The summed E-state index contributed by atoms with van der Waals surface area (Å²) in [6.45, 7) is 5.15. The van der Waals surface area contributed by atoms with E-state index < -0.39 is 12.1 Å². The minimum absolute atomic E-state index is 0.133. The lowest BCUT2D eigenvalue weighted by Crippen LogP contribution is -2.48. The van der Waals surface area contributed by atoms with Crippen molar-refractivity contribution in [2.75, 3.05) is 0 Å². The molecule has 1 heterocycles. The molecule has 0 aliphatic rings. The van der Waals surface area contributed by atoms with Crippen molar-refractivity contribution >= 4 is 12.0 Å². The van der Waals surface area contributed by atoms with Gasteiger partial charge in [-0.25, -0.2) is 4.79 Å². The molecule has 0 bridgehead atoms. The van der Waals surface area contributed by atoms with Crippen molar-refractivity contribution in [2.45, 2.75) is 46.0 Å². The highest BCUT2D eigenvalue weighted by Gasteiger charge is 2.22. The molecule has 0 unspecified atom stereocenters. The van der Waals surface area contributed by atoms with E-state index in [4.69, 9.17) is 4.74 Å². The van der Waals surface area contributed by atoms with E-state index in [1.807, 2.05) is 97.4 Å². The average molecular weight is 497 g/mol. The van der Waals surface area contributed by atoms with E-state index in [2.05, 4.69) is 27.9 Å². The number of benzene rings is 3. The zero-order valence-corrected chi connectivity index (χ0v) is 21.2. The van der Waals surface area contributed by atoms with Crippen LogP contribution in [-0.2, 0) is 35.6 Å². The fraction of sp³-hybridized carbons (Fsp3) is 0.233. The van der Waals surface area contributed by atoms with Crippen LogP contribution in [0.25, 0.3) is 0 Å². The third kappa shape index (κ3) is 7.80. The summed E-state index contributed by atoms with van der Waals surface area (Å²) in [7, 11) is 0. The summed E-state index contributed by atoms with van der Waals surface area (Å²) < 4.78 is 7.32. The third-order valence-corrected chi connectivity index (χ3v) is 6.00. The maximum Gasteiger partial charge on any atom is 0.408 e. The van der Waals surface area contributed by atoms with E-state index >= 15 is 0 Å². The van der Waals surface area contributed by atoms with Gasteiger partial charge in [0.05, 0.1) is 12.2 Å². The smallest absolute Gasteiger partial charge is 0.408 e. The van der Waals surface area contributed by atoms with Crippen molar-refractivity contribution in [3.05, 3.63) is 125 Å². The highest BCUT2D eigenvalue weighted by atomic mass is 16.5. The number of alkyl carbamates (subject to hydrolysis) is 1. The van der Waals surface area contributed by atoms with Crippen molar-refractivity contribution in [3.8, 4) is 0 Å². The molecule has 4 rings (SSSR count). The number of aryl methyl sites for hydroxylation is 2. The second kappa shape index (κ2) is 12.5. The van der Waals surface area contributed by atoms with Crippen LogP contribution < -0.4 is 10.6 Å². The van der Waals surface area contributed by atoms with Gasteiger partial charge in [-0.05, 0) is 42.2 Å². The molecule has 0 fully saturated rings. The fourth-order valence-electron chi connectivity index (χ4n) is 4.12. The quantitative estimate of drug-likeness (QED) is 0.333. The Bertz CT molecular complexity index is 1320. The Morgan fingerprint density at radius 1 is 0.838 bits per heavy atom. The number of nitrogens with zero attached hydrogens (tertiary/aromatic N) is 2. The number of nitrogens with one attached hydrogen (secondary N) is 2. The molecule has 0 saturated carbocycles. The zero-order valence-electron chi connectivity index (χ0n) is 21.2. The van der Waals surface area contributed by atoms with Gasteiger partial charge < -0.3 is 15.4 Å². The first-order valence-electron chi connectivity index (χ1n) is 12.3. The summed E-state index contributed by atoms with van der Waals surface area (Å²) in [6, 6.07) is 28.3. The fourth-order valence-corrected chi connectivity index (χ4v) is 4.12. The van der Waals surface area contributed by atoms with Gasteiger partial charge >= 0.3 is 6.09 Å². The van der Waals surface area contributed by atoms with Crippen LogP contribution in [0, 0.1) is 13.8 Å². The van der Waals surface area contributed by atoms with E-state index in [-0.39, 0.29) is 12.5 Å². The SMILES string of the molecule is Cc1cc(C)n(Cc2cccc(CNC(=O)[C@H](Cc3ccccc3)NC(=O)OCc3ccccc3)c2)n1. The topological polar surface area (TPSA) is 85.2 Å². The molecule has 1 atom stereocenters. The van der Waals surface area contributed by atoms with Gasteiger partial charge in [-0.3, -0.25) is 9.48 Å². The Labute approximate surface area is 217 Å². The molecule has 0 radical (unpaired) electrons. The molecule has 7 nitrogen and oxygen atoms in total. The molecule has 37 heavy (non-hydrogen) atoms. The predicted molar refractivity (Wildman–Crippen MR) is 143 cm³/mol. The molecule has 7 heteroatoms. The van der Waals surface area contributed by atoms with E-state index in [1.165, 1.54) is 0 Å². The van der Waals surface area contributed by atoms with Gasteiger partial charge in [0.2, 0.25) is 5.91 Å². The summed E-state index contributed by atoms with van der Waals surface area (Å²) in [4.78, 5) is 25.7. The minimum atomic E-state index is -0.774. The van der Waals surface area contributed by atoms with Crippen LogP contribution in [0.2, 0.25) is 0 Å². The minimum Gasteiger partial charge on any atom is -0.445 e. The summed E-state index contributed by atoms with van der Waals surface area (Å²) in [6.07, 6.45) is -0.280. The number of hydrogen-bond donors (Lipinski definition) is 2. The molecular formula is C30H32N4O3. The van der Waals surface area contributed by atoms with E-state index in [0.717, 1.165) is 33.6 Å². The first-order chi connectivity index (χ1) is 18.0. The Balaban J connectivity index is 1.38. The van der Waals surface area contributed by atoms with Gasteiger partial charge in [0, 0.05) is 18.7 Å². The molecule has 0 saturated heterocycles. The second-order valence-corrected chi connectivity index (χ2v) is 9.07. The lowest BCUT2D eigenvalue weighted by atomic mass is 10.1. The van der Waals surface area contributed by atoms with E-state index in [9.17, 15) is 9.59 Å². The Morgan fingerprint density at radius 2 is 1.49 bits per heavy atom. The first-order valence-corrected chi connectivity index (χ1v) is 12.3. The molecule has 3 aromatic carbocycles. The van der Waals surface area contributed by atoms with Gasteiger partial charge in [-0.2, -0.15) is 5.10 Å². The monoisotopic (exact) mass is 496 g/mol. The third-order valence-electron chi connectivity index (χ3n) is 6.00. The number of aromatic nitrogens is 2. The molecule has 4 aromatic rings. The lowest BCUT2D eigenvalue weighted by molar-refractivity contribution is -0.123. The van der Waals surface area contributed by atoms with Crippen LogP contribution in [-0.4, -0.2) is 27.8 Å². The van der Waals surface area contributed by atoms with Crippen molar-refractivity contribution in [3.63, 3.8) is 0 Å². The van der Waals surface area contributed by atoms with Crippen LogP contribution in [0.15, 0.2) is 91.0 Å². The van der Waals surface area contributed by atoms with Crippen molar-refractivity contribution in [1.29, 1.82) is 0 Å². The number of hydrogen-bond acceptors (Lipinski definition) is 4. The summed E-state index contributed by atoms with van der Waals surface area (Å²) in [5.41, 5.74) is 5.98. The van der Waals surface area contributed by atoms with Gasteiger partial charge in [0.15, 0.2) is 0 Å². The van der Waals surface area contributed by atoms with Crippen molar-refractivity contribution < 1.29 is 14.3 Å². The molecule has 2 N–H and O–H groups in total. The maximum absolute atomic E-state index is 13.2. The van der Waals surface area contributed by atoms with Gasteiger partial charge in [0.25, 0.3) is 0 Å². The summed E-state index contributed by atoms with van der Waals surface area (Å²) >= 11 is 0. The normalized spacial score (nSPS) is 11.5. The zero-order chi connectivity index (χ0) is 26.0. The highest BCUT2D eigenvalue weighted by molar-refractivity contribution is 5.85. The molecule has 0 spiro atoms. The number of carbonyl (C=O) groups is 2. The van der Waals surface area contributed by atoms with Crippen LogP contribution in [0.3, 0.4) is 0 Å². The first kappa shape index (κ1) is 25.7. The van der Waals surface area contributed by atoms with Crippen molar-refractivity contribution in [1.82, 2.24) is 20.4 Å². The summed E-state index contributed by atoms with van der Waals surface area (Å²) in [5.74, 6) is -0.274. The Kier molecular flexibility index (Phi) is 8.70. The number of ether oxygens (including phenoxy) is 1. The summed E-state index contributed by atoms with van der Waals surface area (Å²) in [5, 5.41) is 10.2. The van der Waals surface area contributed by atoms with Crippen LogP contribution in [0.5, 0.6) is 0 Å². The molecule has 190 valence electrons. The van der Waals surface area contributed by atoms with Gasteiger partial charge in [0.1, 0.15) is 12.6 Å². The van der Waals surface area contributed by atoms with E-state index in [0.29, 0.717) is 19.5 Å². The molecule has 0 aliphatic carbocycles. The van der Waals surface area contributed by atoms with Crippen LogP contribution >= 0.6 is 0 Å².